The Bertz CT molecular complexity index is 983. The number of aromatic nitrogens is 3. The van der Waals surface area contributed by atoms with Gasteiger partial charge in [-0.2, -0.15) is 0 Å². The average molecular weight is 485 g/mol. The number of carbonyl (C=O) groups is 2. The van der Waals surface area contributed by atoms with Gasteiger partial charge in [0, 0.05) is 0 Å². The highest BCUT2D eigenvalue weighted by atomic mass is 19.4. The van der Waals surface area contributed by atoms with Crippen LogP contribution < -0.4 is 9.47 Å². The van der Waals surface area contributed by atoms with Crippen LogP contribution in [0.4, 0.5) is 13.2 Å². The maximum absolute atomic E-state index is 12.3. The summed E-state index contributed by atoms with van der Waals surface area (Å²) in [6.07, 6.45) is -2.34. The number of carbonyl (C=O) groups excluding carboxylic acids is 1. The zero-order chi connectivity index (χ0) is 24.9. The third kappa shape index (κ3) is 6.84. The molecule has 2 aromatic rings. The maximum Gasteiger partial charge on any atom is 0.573 e. The zero-order valence-electron chi connectivity index (χ0n) is 18.7. The minimum Gasteiger partial charge on any atom is -0.476 e. The number of halogens is 3. The molecule has 0 atom stereocenters. The first kappa shape index (κ1) is 25.3. The van der Waals surface area contributed by atoms with Crippen molar-refractivity contribution in [3.8, 4) is 11.6 Å². The molecule has 186 valence electrons. The predicted molar refractivity (Wildman–Crippen MR) is 112 cm³/mol. The highest BCUT2D eigenvalue weighted by Crippen LogP contribution is 2.36. The molecule has 1 heterocycles. The fourth-order valence-electron chi connectivity index (χ4n) is 3.75. The van der Waals surface area contributed by atoms with Crippen molar-refractivity contribution < 1.29 is 42.1 Å². The van der Waals surface area contributed by atoms with E-state index in [9.17, 15) is 27.9 Å². The predicted octanol–water partition coefficient (Wildman–Crippen LogP) is 4.18. The summed E-state index contributed by atoms with van der Waals surface area (Å²) < 4.78 is 52.9. The number of carboxylic acid groups (broad SMARTS) is 1. The monoisotopic (exact) mass is 485 g/mol. The first-order chi connectivity index (χ1) is 16.0. The Balaban J connectivity index is 1.55. The molecule has 1 aromatic heterocycles. The van der Waals surface area contributed by atoms with Gasteiger partial charge in [-0.1, -0.05) is 36.3 Å². The van der Waals surface area contributed by atoms with Crippen LogP contribution >= 0.6 is 0 Å². The fraction of sp³-hybridized carbons (Fsp3) is 0.545. The van der Waals surface area contributed by atoms with E-state index >= 15 is 0 Å². The number of nitrogens with zero attached hydrogens (tertiary/aromatic N) is 3. The van der Waals surface area contributed by atoms with E-state index in [1.165, 1.54) is 12.1 Å². The number of benzene rings is 1. The lowest BCUT2D eigenvalue weighted by atomic mass is 9.83. The zero-order valence-corrected chi connectivity index (χ0v) is 18.7. The van der Waals surface area contributed by atoms with E-state index in [0.717, 1.165) is 10.2 Å². The van der Waals surface area contributed by atoms with E-state index in [4.69, 9.17) is 9.47 Å². The molecule has 1 aromatic carbocycles. The summed E-state index contributed by atoms with van der Waals surface area (Å²) in [6, 6.07) is 5.82. The van der Waals surface area contributed by atoms with Crippen molar-refractivity contribution in [1.82, 2.24) is 15.0 Å². The van der Waals surface area contributed by atoms with Crippen LogP contribution in [0.2, 0.25) is 0 Å². The van der Waals surface area contributed by atoms with Gasteiger partial charge < -0.3 is 19.3 Å². The van der Waals surface area contributed by atoms with E-state index < -0.39 is 18.3 Å². The summed E-state index contributed by atoms with van der Waals surface area (Å²) in [5.74, 6) is -2.17. The summed E-state index contributed by atoms with van der Waals surface area (Å²) in [5.41, 5.74) is 0.684. The summed E-state index contributed by atoms with van der Waals surface area (Å²) >= 11 is 0. The van der Waals surface area contributed by atoms with Crippen LogP contribution in [-0.2, 0) is 16.1 Å². The van der Waals surface area contributed by atoms with Crippen molar-refractivity contribution in [1.29, 1.82) is 0 Å². The molecule has 1 N–H and O–H groups in total. The van der Waals surface area contributed by atoms with E-state index in [0.29, 0.717) is 25.7 Å². The molecule has 0 unspecified atom stereocenters. The van der Waals surface area contributed by atoms with E-state index in [1.54, 1.807) is 26.0 Å². The van der Waals surface area contributed by atoms with Gasteiger partial charge in [-0.25, -0.2) is 9.48 Å². The van der Waals surface area contributed by atoms with Gasteiger partial charge in [-0.15, -0.1) is 13.2 Å². The smallest absolute Gasteiger partial charge is 0.476 e. The summed E-state index contributed by atoms with van der Waals surface area (Å²) in [7, 11) is 0. The molecule has 1 aliphatic carbocycles. The molecule has 0 bridgehead atoms. The molecule has 1 saturated carbocycles. The van der Waals surface area contributed by atoms with Crippen LogP contribution in [0.1, 0.15) is 61.5 Å². The molecule has 34 heavy (non-hydrogen) atoms. The molecule has 0 amide bonds. The van der Waals surface area contributed by atoms with E-state index in [-0.39, 0.29) is 48.4 Å². The Hall–Kier alpha value is -3.31. The number of carboxylic acids is 1. The quantitative estimate of drug-likeness (QED) is 0.527. The Morgan fingerprint density at radius 3 is 2.35 bits per heavy atom. The largest absolute Gasteiger partial charge is 0.573 e. The van der Waals surface area contributed by atoms with Gasteiger partial charge in [0.2, 0.25) is 5.69 Å². The Morgan fingerprint density at radius 1 is 1.15 bits per heavy atom. The second kappa shape index (κ2) is 10.7. The lowest BCUT2D eigenvalue weighted by Crippen LogP contribution is -2.25. The third-order valence-corrected chi connectivity index (χ3v) is 5.46. The molecule has 9 nitrogen and oxygen atoms in total. The average Bonchev–Trinajstić information content (AvgIpc) is 3.16. The molecule has 12 heteroatoms. The molecule has 1 fully saturated rings. The molecular formula is C22H26F3N3O6. The molecular weight excluding hydrogens is 459 g/mol. The van der Waals surface area contributed by atoms with Gasteiger partial charge in [0.15, 0.2) is 0 Å². The highest BCUT2D eigenvalue weighted by Gasteiger charge is 2.31. The van der Waals surface area contributed by atoms with Gasteiger partial charge in [0.1, 0.15) is 18.5 Å². The molecule has 0 radical (unpaired) electrons. The Labute approximate surface area is 193 Å². The van der Waals surface area contributed by atoms with Gasteiger partial charge in [-0.05, 0) is 49.3 Å². The highest BCUT2D eigenvalue weighted by molar-refractivity contribution is 5.88. The number of rotatable bonds is 9. The second-order valence-corrected chi connectivity index (χ2v) is 8.30. The summed E-state index contributed by atoms with van der Waals surface area (Å²) in [5, 5.41) is 17.2. The number of esters is 1. The van der Waals surface area contributed by atoms with Crippen LogP contribution in [0.25, 0.3) is 0 Å². The molecule has 1 aliphatic rings. The summed E-state index contributed by atoms with van der Waals surface area (Å²) in [6.45, 7) is 3.37. The van der Waals surface area contributed by atoms with Crippen molar-refractivity contribution in [3.63, 3.8) is 0 Å². The normalized spacial score (nSPS) is 18.5. The standard InChI is InChI=1S/C22H26F3N3O6/c1-13(2)21(31)32-12-11-28-18(20(29)30)19(26-27-28)33-16-7-3-14(4-8-16)15-5-9-17(10-6-15)34-22(23,24)25/h5-6,9-10,13-14,16H,3-4,7-8,11-12H2,1-2H3,(H,29,30). The fourth-order valence-corrected chi connectivity index (χ4v) is 3.75. The second-order valence-electron chi connectivity index (χ2n) is 8.30. The van der Waals surface area contributed by atoms with Crippen molar-refractivity contribution in [3.05, 3.63) is 35.5 Å². The van der Waals surface area contributed by atoms with Gasteiger partial charge >= 0.3 is 18.3 Å². The van der Waals surface area contributed by atoms with E-state index in [1.807, 2.05) is 0 Å². The van der Waals surface area contributed by atoms with Crippen LogP contribution in [0.3, 0.4) is 0 Å². The third-order valence-electron chi connectivity index (χ3n) is 5.46. The number of ether oxygens (including phenoxy) is 3. The number of hydrogen-bond donors (Lipinski definition) is 1. The van der Waals surface area contributed by atoms with Crippen LogP contribution in [0.15, 0.2) is 24.3 Å². The molecule has 0 spiro atoms. The van der Waals surface area contributed by atoms with Crippen LogP contribution in [0.5, 0.6) is 11.6 Å². The van der Waals surface area contributed by atoms with Gasteiger partial charge in [-0.3, -0.25) is 4.79 Å². The van der Waals surface area contributed by atoms with Gasteiger partial charge in [0.05, 0.1) is 12.5 Å². The molecule has 0 saturated heterocycles. The topological polar surface area (TPSA) is 113 Å². The maximum atomic E-state index is 12.3. The SMILES string of the molecule is CC(C)C(=O)OCCn1nnc(OC2CCC(c3ccc(OC(F)(F)F)cc3)CC2)c1C(=O)O. The number of hydrogen-bond acceptors (Lipinski definition) is 7. The van der Waals surface area contributed by atoms with Crippen molar-refractivity contribution in [2.45, 2.75) is 64.5 Å². The van der Waals surface area contributed by atoms with Gasteiger partial charge in [0.25, 0.3) is 5.88 Å². The van der Waals surface area contributed by atoms with Crippen molar-refractivity contribution >= 4 is 11.9 Å². The minimum absolute atomic E-state index is 0.0250. The first-order valence-corrected chi connectivity index (χ1v) is 10.9. The van der Waals surface area contributed by atoms with Crippen LogP contribution in [-0.4, -0.2) is 51.1 Å². The Morgan fingerprint density at radius 2 is 1.79 bits per heavy atom. The van der Waals surface area contributed by atoms with E-state index in [2.05, 4.69) is 15.0 Å². The molecule has 0 aliphatic heterocycles. The summed E-state index contributed by atoms with van der Waals surface area (Å²) in [4.78, 5) is 23.3. The molecule has 3 rings (SSSR count). The Kier molecular flexibility index (Phi) is 8.00. The lowest BCUT2D eigenvalue weighted by molar-refractivity contribution is -0.274. The lowest BCUT2D eigenvalue weighted by Gasteiger charge is -2.28. The number of aromatic carboxylic acids is 1. The van der Waals surface area contributed by atoms with Crippen molar-refractivity contribution in [2.75, 3.05) is 6.61 Å². The van der Waals surface area contributed by atoms with Crippen molar-refractivity contribution in [2.24, 2.45) is 5.92 Å². The minimum atomic E-state index is -4.73. The number of alkyl halides is 3. The van der Waals surface area contributed by atoms with Crippen LogP contribution in [0, 0.1) is 5.92 Å². The first-order valence-electron chi connectivity index (χ1n) is 10.9.